The zero-order valence-corrected chi connectivity index (χ0v) is 10.3. The molecule has 2 aromatic heterocycles. The summed E-state index contributed by atoms with van der Waals surface area (Å²) >= 11 is 0. The highest BCUT2D eigenvalue weighted by atomic mass is 16.5. The molecule has 0 spiro atoms. The Bertz CT molecular complexity index is 765. The Hall–Kier alpha value is -2.76. The van der Waals surface area contributed by atoms with Gasteiger partial charge in [-0.3, -0.25) is 4.57 Å². The summed E-state index contributed by atoms with van der Waals surface area (Å²) in [6, 6.07) is 7.45. The molecular weight excluding hydrogens is 244 g/mol. The van der Waals surface area contributed by atoms with Crippen LogP contribution in [0.3, 0.4) is 0 Å². The fourth-order valence-corrected chi connectivity index (χ4v) is 1.93. The van der Waals surface area contributed by atoms with Crippen LogP contribution in [0, 0.1) is 0 Å². The van der Waals surface area contributed by atoms with Crippen LogP contribution in [-0.2, 0) is 7.05 Å². The first-order valence-corrected chi connectivity index (χ1v) is 5.72. The molecule has 0 atom stereocenters. The van der Waals surface area contributed by atoms with Gasteiger partial charge in [-0.25, -0.2) is 4.79 Å². The number of rotatable bonds is 2. The molecule has 0 aliphatic rings. The topological polar surface area (TPSA) is 79.0 Å². The Balaban J connectivity index is 2.02. The first kappa shape index (κ1) is 11.3. The number of benzene rings is 1. The minimum atomic E-state index is -0.0859. The molecule has 0 radical (unpaired) electrons. The molecule has 0 amide bonds. The number of aryl methyl sites for hydroxylation is 1. The van der Waals surface area contributed by atoms with Gasteiger partial charge in [-0.1, -0.05) is 17.3 Å². The van der Waals surface area contributed by atoms with Crippen LogP contribution >= 0.6 is 0 Å². The Labute approximate surface area is 108 Å². The van der Waals surface area contributed by atoms with Crippen molar-refractivity contribution in [1.29, 1.82) is 0 Å². The fraction of sp³-hybridized carbons (Fsp3) is 0.0769. The second-order valence-corrected chi connectivity index (χ2v) is 4.21. The maximum absolute atomic E-state index is 11.8. The maximum atomic E-state index is 11.8. The summed E-state index contributed by atoms with van der Waals surface area (Å²) in [5, 5.41) is 3.64. The molecule has 0 unspecified atom stereocenters. The summed E-state index contributed by atoms with van der Waals surface area (Å²) in [6.45, 7) is 0. The van der Waals surface area contributed by atoms with Crippen LogP contribution in [0.4, 0.5) is 5.88 Å². The van der Waals surface area contributed by atoms with Gasteiger partial charge in [0.15, 0.2) is 0 Å². The van der Waals surface area contributed by atoms with Crippen LogP contribution in [0.25, 0.3) is 16.8 Å². The van der Waals surface area contributed by atoms with Crippen molar-refractivity contribution in [3.8, 4) is 16.8 Å². The van der Waals surface area contributed by atoms with E-state index in [1.807, 2.05) is 24.3 Å². The molecule has 0 saturated carbocycles. The maximum Gasteiger partial charge on any atom is 0.332 e. The van der Waals surface area contributed by atoms with Crippen molar-refractivity contribution in [2.75, 3.05) is 5.73 Å². The van der Waals surface area contributed by atoms with Gasteiger partial charge < -0.3 is 14.8 Å². The number of anilines is 1. The highest BCUT2D eigenvalue weighted by Crippen LogP contribution is 2.25. The molecule has 0 aliphatic heterocycles. The Morgan fingerprint density at radius 2 is 1.95 bits per heavy atom. The number of nitrogen functional groups attached to an aromatic ring is 1. The van der Waals surface area contributed by atoms with Crippen molar-refractivity contribution in [2.45, 2.75) is 0 Å². The van der Waals surface area contributed by atoms with Crippen molar-refractivity contribution in [2.24, 2.45) is 7.05 Å². The molecule has 3 aromatic rings. The van der Waals surface area contributed by atoms with E-state index in [4.69, 9.17) is 10.3 Å². The van der Waals surface area contributed by atoms with Gasteiger partial charge in [0, 0.05) is 19.4 Å². The lowest BCUT2D eigenvalue weighted by molar-refractivity contribution is 0.436. The van der Waals surface area contributed by atoms with Gasteiger partial charge in [-0.2, -0.15) is 0 Å². The van der Waals surface area contributed by atoms with Gasteiger partial charge >= 0.3 is 5.69 Å². The summed E-state index contributed by atoms with van der Waals surface area (Å²) in [6.07, 6.45) is 5.01. The van der Waals surface area contributed by atoms with E-state index in [0.717, 1.165) is 16.8 Å². The summed E-state index contributed by atoms with van der Waals surface area (Å²) in [5.41, 5.74) is 8.01. The molecular formula is C13H12N4O2. The molecule has 96 valence electrons. The third kappa shape index (κ3) is 1.83. The van der Waals surface area contributed by atoms with E-state index in [1.54, 1.807) is 30.2 Å². The number of aromatic nitrogens is 3. The fourth-order valence-electron chi connectivity index (χ4n) is 1.93. The van der Waals surface area contributed by atoms with Crippen LogP contribution in [-0.4, -0.2) is 14.3 Å². The SMILES string of the molecule is Cn1ccn(-c2ccc(-c3cnoc3N)cc2)c1=O. The van der Waals surface area contributed by atoms with Crippen molar-refractivity contribution >= 4 is 5.88 Å². The van der Waals surface area contributed by atoms with E-state index in [0.29, 0.717) is 0 Å². The van der Waals surface area contributed by atoms with Gasteiger partial charge in [0.05, 0.1) is 17.4 Å². The molecule has 6 heteroatoms. The number of imidazole rings is 1. The van der Waals surface area contributed by atoms with E-state index >= 15 is 0 Å². The van der Waals surface area contributed by atoms with Gasteiger partial charge in [0.1, 0.15) is 0 Å². The van der Waals surface area contributed by atoms with Gasteiger partial charge in [-0.15, -0.1) is 0 Å². The lowest BCUT2D eigenvalue weighted by atomic mass is 10.1. The third-order valence-electron chi connectivity index (χ3n) is 3.00. The van der Waals surface area contributed by atoms with E-state index < -0.39 is 0 Å². The van der Waals surface area contributed by atoms with E-state index in [2.05, 4.69) is 5.16 Å². The molecule has 0 saturated heterocycles. The molecule has 19 heavy (non-hydrogen) atoms. The normalized spacial score (nSPS) is 10.8. The molecule has 2 heterocycles. The Morgan fingerprint density at radius 3 is 2.47 bits per heavy atom. The highest BCUT2D eigenvalue weighted by Gasteiger charge is 2.08. The van der Waals surface area contributed by atoms with Crippen molar-refractivity contribution in [3.63, 3.8) is 0 Å². The molecule has 0 bridgehead atoms. The summed E-state index contributed by atoms with van der Waals surface area (Å²) in [4.78, 5) is 11.8. The molecule has 0 aliphatic carbocycles. The summed E-state index contributed by atoms with van der Waals surface area (Å²) in [5.74, 6) is 0.282. The number of hydrogen-bond donors (Lipinski definition) is 1. The second-order valence-electron chi connectivity index (χ2n) is 4.21. The van der Waals surface area contributed by atoms with Gasteiger partial charge in [0.2, 0.25) is 5.88 Å². The minimum absolute atomic E-state index is 0.0859. The van der Waals surface area contributed by atoms with Gasteiger partial charge in [0.25, 0.3) is 0 Å². The molecule has 6 nitrogen and oxygen atoms in total. The zero-order chi connectivity index (χ0) is 13.4. The molecule has 2 N–H and O–H groups in total. The average molecular weight is 256 g/mol. The van der Waals surface area contributed by atoms with E-state index in [9.17, 15) is 4.79 Å². The van der Waals surface area contributed by atoms with E-state index in [1.165, 1.54) is 4.57 Å². The third-order valence-corrected chi connectivity index (χ3v) is 3.00. The zero-order valence-electron chi connectivity index (χ0n) is 10.3. The second kappa shape index (κ2) is 4.16. The lowest BCUT2D eigenvalue weighted by Gasteiger charge is -2.03. The number of nitrogens with two attached hydrogens (primary N) is 1. The smallest absolute Gasteiger partial charge is 0.332 e. The molecule has 3 rings (SSSR count). The van der Waals surface area contributed by atoms with Crippen LogP contribution in [0.1, 0.15) is 0 Å². The minimum Gasteiger partial charge on any atom is -0.367 e. The number of hydrogen-bond acceptors (Lipinski definition) is 4. The van der Waals surface area contributed by atoms with Crippen molar-refractivity contribution < 1.29 is 4.52 Å². The lowest BCUT2D eigenvalue weighted by Crippen LogP contribution is -2.20. The standard InChI is InChI=1S/C13H12N4O2/c1-16-6-7-17(13(16)18)10-4-2-9(3-5-10)11-8-15-19-12(11)14/h2-8H,14H2,1H3. The highest BCUT2D eigenvalue weighted by molar-refractivity contribution is 5.72. The largest absolute Gasteiger partial charge is 0.367 e. The monoisotopic (exact) mass is 256 g/mol. The predicted molar refractivity (Wildman–Crippen MR) is 70.9 cm³/mol. The Morgan fingerprint density at radius 1 is 1.21 bits per heavy atom. The van der Waals surface area contributed by atoms with E-state index in [-0.39, 0.29) is 11.6 Å². The van der Waals surface area contributed by atoms with Crippen LogP contribution in [0.15, 0.2) is 52.2 Å². The summed E-state index contributed by atoms with van der Waals surface area (Å²) < 4.78 is 7.92. The molecule has 1 aromatic carbocycles. The van der Waals surface area contributed by atoms with Crippen LogP contribution in [0.2, 0.25) is 0 Å². The van der Waals surface area contributed by atoms with Crippen LogP contribution < -0.4 is 11.4 Å². The number of nitrogens with zero attached hydrogens (tertiary/aromatic N) is 3. The Kier molecular flexibility index (Phi) is 2.49. The first-order chi connectivity index (χ1) is 9.16. The quantitative estimate of drug-likeness (QED) is 0.752. The van der Waals surface area contributed by atoms with Crippen LogP contribution in [0.5, 0.6) is 0 Å². The average Bonchev–Trinajstić information content (AvgIpc) is 2.98. The summed E-state index contributed by atoms with van der Waals surface area (Å²) in [7, 11) is 1.71. The predicted octanol–water partition coefficient (Wildman–Crippen LogP) is 1.41. The van der Waals surface area contributed by atoms with Crippen molar-refractivity contribution in [3.05, 3.63) is 53.3 Å². The molecule has 0 fully saturated rings. The van der Waals surface area contributed by atoms with Crippen molar-refractivity contribution in [1.82, 2.24) is 14.3 Å². The van der Waals surface area contributed by atoms with Gasteiger partial charge in [-0.05, 0) is 17.7 Å². The first-order valence-electron chi connectivity index (χ1n) is 5.72.